The van der Waals surface area contributed by atoms with Gasteiger partial charge in [0.05, 0.1) is 0 Å². The molecule has 0 aromatic heterocycles. The Morgan fingerprint density at radius 1 is 1.38 bits per heavy atom. The van der Waals surface area contributed by atoms with Crippen molar-refractivity contribution >= 4 is 0 Å². The van der Waals surface area contributed by atoms with E-state index in [4.69, 9.17) is 5.84 Å². The van der Waals surface area contributed by atoms with Crippen LogP contribution in [0.4, 0.5) is 0 Å². The van der Waals surface area contributed by atoms with E-state index in [2.05, 4.69) is 27.7 Å². The summed E-state index contributed by atoms with van der Waals surface area (Å²) in [5.41, 5.74) is 0.473. The fraction of sp³-hybridized carbons (Fsp3) is 1.00. The van der Waals surface area contributed by atoms with E-state index >= 15 is 0 Å². The molecular formula is C11H24N2. The summed E-state index contributed by atoms with van der Waals surface area (Å²) in [6, 6.07) is 0.570. The van der Waals surface area contributed by atoms with Crippen molar-refractivity contribution in [3.8, 4) is 0 Å². The summed E-state index contributed by atoms with van der Waals surface area (Å²) in [6.45, 7) is 10.3. The van der Waals surface area contributed by atoms with Crippen LogP contribution in [0.2, 0.25) is 0 Å². The third kappa shape index (κ3) is 3.65. The van der Waals surface area contributed by atoms with Gasteiger partial charge in [0.2, 0.25) is 0 Å². The molecule has 0 radical (unpaired) electrons. The molecule has 0 aliphatic carbocycles. The summed E-state index contributed by atoms with van der Waals surface area (Å²) in [6.07, 6.45) is 3.89. The minimum Gasteiger partial charge on any atom is -0.269 e. The highest BCUT2D eigenvalue weighted by Gasteiger charge is 2.26. The Morgan fingerprint density at radius 2 is 2.00 bits per heavy atom. The highest BCUT2D eigenvalue weighted by molar-refractivity contribution is 4.79. The quantitative estimate of drug-likeness (QED) is 0.634. The zero-order chi connectivity index (χ0) is 10.1. The molecule has 2 atom stereocenters. The van der Waals surface area contributed by atoms with Gasteiger partial charge in [-0.05, 0) is 37.5 Å². The van der Waals surface area contributed by atoms with Crippen molar-refractivity contribution in [2.24, 2.45) is 17.2 Å². The zero-order valence-corrected chi connectivity index (χ0v) is 9.51. The molecule has 1 aliphatic rings. The van der Waals surface area contributed by atoms with Crippen molar-refractivity contribution in [3.05, 3.63) is 0 Å². The molecule has 1 heterocycles. The van der Waals surface area contributed by atoms with Crippen LogP contribution in [-0.4, -0.2) is 17.6 Å². The number of hydrogen-bond acceptors (Lipinski definition) is 2. The molecule has 0 aromatic carbocycles. The third-order valence-corrected chi connectivity index (χ3v) is 2.94. The predicted octanol–water partition coefficient (Wildman–Crippen LogP) is 2.40. The monoisotopic (exact) mass is 184 g/mol. The molecular weight excluding hydrogens is 160 g/mol. The summed E-state index contributed by atoms with van der Waals surface area (Å²) in [4.78, 5) is 0. The van der Waals surface area contributed by atoms with Crippen molar-refractivity contribution in [3.63, 3.8) is 0 Å². The molecule has 1 aliphatic heterocycles. The lowest BCUT2D eigenvalue weighted by Crippen LogP contribution is -2.45. The van der Waals surface area contributed by atoms with Gasteiger partial charge in [-0.15, -0.1) is 0 Å². The first kappa shape index (κ1) is 11.0. The highest BCUT2D eigenvalue weighted by Crippen LogP contribution is 2.32. The van der Waals surface area contributed by atoms with Gasteiger partial charge in [-0.2, -0.15) is 0 Å². The topological polar surface area (TPSA) is 29.3 Å². The number of nitrogens with zero attached hydrogens (tertiary/aromatic N) is 1. The summed E-state index contributed by atoms with van der Waals surface area (Å²) in [5, 5.41) is 1.99. The minimum atomic E-state index is 0.473. The Hall–Kier alpha value is -0.0800. The maximum absolute atomic E-state index is 5.84. The van der Waals surface area contributed by atoms with Gasteiger partial charge in [-0.1, -0.05) is 20.8 Å². The second kappa shape index (κ2) is 3.97. The Balaban J connectivity index is 2.38. The third-order valence-electron chi connectivity index (χ3n) is 2.94. The van der Waals surface area contributed by atoms with Crippen LogP contribution in [-0.2, 0) is 0 Å². The van der Waals surface area contributed by atoms with Crippen LogP contribution in [0.25, 0.3) is 0 Å². The van der Waals surface area contributed by atoms with Gasteiger partial charge < -0.3 is 0 Å². The first-order valence-electron chi connectivity index (χ1n) is 5.40. The summed E-state index contributed by atoms with van der Waals surface area (Å²) in [5.74, 6) is 6.72. The zero-order valence-electron chi connectivity index (χ0n) is 9.51. The van der Waals surface area contributed by atoms with Crippen LogP contribution in [0.15, 0.2) is 0 Å². The number of hydrazine groups is 1. The Morgan fingerprint density at radius 3 is 2.46 bits per heavy atom. The van der Waals surface area contributed by atoms with Crippen LogP contribution in [0.3, 0.4) is 0 Å². The number of piperidine rings is 1. The van der Waals surface area contributed by atoms with Gasteiger partial charge in [0.15, 0.2) is 0 Å². The van der Waals surface area contributed by atoms with Gasteiger partial charge in [0, 0.05) is 12.6 Å². The molecule has 1 fully saturated rings. The van der Waals surface area contributed by atoms with Gasteiger partial charge >= 0.3 is 0 Å². The lowest BCUT2D eigenvalue weighted by atomic mass is 9.79. The lowest BCUT2D eigenvalue weighted by molar-refractivity contribution is 0.103. The van der Waals surface area contributed by atoms with Crippen LogP contribution < -0.4 is 5.84 Å². The van der Waals surface area contributed by atoms with Crippen molar-refractivity contribution in [2.45, 2.75) is 53.0 Å². The van der Waals surface area contributed by atoms with Crippen molar-refractivity contribution in [1.82, 2.24) is 5.01 Å². The second-order valence-corrected chi connectivity index (χ2v) is 5.74. The van der Waals surface area contributed by atoms with E-state index in [0.717, 1.165) is 12.5 Å². The van der Waals surface area contributed by atoms with E-state index in [1.807, 2.05) is 5.01 Å². The fourth-order valence-electron chi connectivity index (χ4n) is 2.34. The predicted molar refractivity (Wildman–Crippen MR) is 57.2 cm³/mol. The molecule has 78 valence electrons. The van der Waals surface area contributed by atoms with Crippen LogP contribution in [0.1, 0.15) is 47.0 Å². The molecule has 1 saturated heterocycles. The van der Waals surface area contributed by atoms with E-state index in [1.165, 1.54) is 19.3 Å². The first-order chi connectivity index (χ1) is 5.88. The molecule has 2 heteroatoms. The maximum atomic E-state index is 5.84. The van der Waals surface area contributed by atoms with Crippen molar-refractivity contribution in [2.75, 3.05) is 6.54 Å². The van der Waals surface area contributed by atoms with E-state index in [0.29, 0.717) is 11.5 Å². The number of nitrogens with two attached hydrogens (primary N) is 1. The average molecular weight is 184 g/mol. The second-order valence-electron chi connectivity index (χ2n) is 5.74. The average Bonchev–Trinajstić information content (AvgIpc) is 1.94. The minimum absolute atomic E-state index is 0.473. The lowest BCUT2D eigenvalue weighted by Gasteiger charge is -2.37. The van der Waals surface area contributed by atoms with Gasteiger partial charge in [0.1, 0.15) is 0 Å². The Bertz CT molecular complexity index is 160. The van der Waals surface area contributed by atoms with Crippen molar-refractivity contribution < 1.29 is 0 Å². The Kier molecular flexibility index (Phi) is 3.36. The van der Waals surface area contributed by atoms with E-state index in [1.54, 1.807) is 0 Å². The molecule has 1 rings (SSSR count). The van der Waals surface area contributed by atoms with E-state index in [9.17, 15) is 0 Å². The SMILES string of the molecule is CC1CC(CC(C)(C)C)CCN1N. The fourth-order valence-corrected chi connectivity index (χ4v) is 2.34. The van der Waals surface area contributed by atoms with Crippen LogP contribution >= 0.6 is 0 Å². The van der Waals surface area contributed by atoms with Gasteiger partial charge in [-0.25, -0.2) is 5.01 Å². The largest absolute Gasteiger partial charge is 0.269 e. The molecule has 0 bridgehead atoms. The van der Waals surface area contributed by atoms with E-state index in [-0.39, 0.29) is 0 Å². The standard InChI is InChI=1S/C11H24N2/c1-9-7-10(5-6-13(9)12)8-11(2,3)4/h9-10H,5-8,12H2,1-4H3. The van der Waals surface area contributed by atoms with E-state index < -0.39 is 0 Å². The first-order valence-corrected chi connectivity index (χ1v) is 5.40. The molecule has 0 saturated carbocycles. The summed E-state index contributed by atoms with van der Waals surface area (Å²) in [7, 11) is 0. The molecule has 0 aromatic rings. The molecule has 2 unspecified atom stereocenters. The normalized spacial score (nSPS) is 32.1. The summed E-state index contributed by atoms with van der Waals surface area (Å²) < 4.78 is 0. The van der Waals surface area contributed by atoms with Crippen molar-refractivity contribution in [1.29, 1.82) is 0 Å². The van der Waals surface area contributed by atoms with Gasteiger partial charge in [0.25, 0.3) is 0 Å². The molecule has 0 spiro atoms. The maximum Gasteiger partial charge on any atom is 0.0215 e. The van der Waals surface area contributed by atoms with Gasteiger partial charge in [-0.3, -0.25) is 5.84 Å². The molecule has 2 N–H and O–H groups in total. The number of rotatable bonds is 1. The van der Waals surface area contributed by atoms with Crippen LogP contribution in [0, 0.1) is 11.3 Å². The highest BCUT2D eigenvalue weighted by atomic mass is 15.4. The molecule has 0 amide bonds. The molecule has 2 nitrogen and oxygen atoms in total. The Labute approximate surface area is 82.5 Å². The molecule has 13 heavy (non-hydrogen) atoms. The summed E-state index contributed by atoms with van der Waals surface area (Å²) >= 11 is 0. The smallest absolute Gasteiger partial charge is 0.0215 e. The number of hydrogen-bond donors (Lipinski definition) is 1. The van der Waals surface area contributed by atoms with Crippen LogP contribution in [0.5, 0.6) is 0 Å².